The van der Waals surface area contributed by atoms with E-state index < -0.39 is 5.67 Å². The van der Waals surface area contributed by atoms with E-state index in [2.05, 4.69) is 9.97 Å². The summed E-state index contributed by atoms with van der Waals surface area (Å²) in [5.41, 5.74) is -0.939. The predicted molar refractivity (Wildman–Crippen MR) is 67.3 cm³/mol. The van der Waals surface area contributed by atoms with Crippen molar-refractivity contribution in [3.8, 4) is 6.07 Å². The van der Waals surface area contributed by atoms with Gasteiger partial charge in [-0.15, -0.1) is 0 Å². The molecule has 0 unspecified atom stereocenters. The molecule has 4 nitrogen and oxygen atoms in total. The minimum absolute atomic E-state index is 0.0996. The number of hydrogen-bond acceptors (Lipinski definition) is 4. The molecule has 2 heterocycles. The molecule has 1 aliphatic rings. The maximum atomic E-state index is 14.1. The average molecular weight is 269 g/mol. The third-order valence-corrected chi connectivity index (χ3v) is 3.70. The minimum Gasteiger partial charge on any atom is -0.355 e. The molecular weight excluding hydrogens is 255 g/mol. The van der Waals surface area contributed by atoms with Crippen LogP contribution in [0.4, 0.5) is 10.2 Å². The Balaban J connectivity index is 2.11. The van der Waals surface area contributed by atoms with Crippen molar-refractivity contribution in [3.05, 3.63) is 17.0 Å². The summed E-state index contributed by atoms with van der Waals surface area (Å²) in [6, 6.07) is 1.86. The van der Waals surface area contributed by atoms with Gasteiger partial charge in [-0.2, -0.15) is 5.26 Å². The van der Waals surface area contributed by atoms with E-state index in [1.807, 2.05) is 17.9 Å². The van der Waals surface area contributed by atoms with Crippen molar-refractivity contribution in [2.75, 3.05) is 18.0 Å². The molecule has 1 aromatic rings. The Morgan fingerprint density at radius 3 is 2.72 bits per heavy atom. The number of anilines is 1. The number of nitrogens with zero attached hydrogens (tertiary/aromatic N) is 4. The van der Waals surface area contributed by atoms with Crippen molar-refractivity contribution in [3.63, 3.8) is 0 Å². The van der Waals surface area contributed by atoms with Gasteiger partial charge in [-0.1, -0.05) is 18.5 Å². The van der Waals surface area contributed by atoms with E-state index in [1.165, 1.54) is 6.20 Å². The van der Waals surface area contributed by atoms with Gasteiger partial charge in [0.25, 0.3) is 0 Å². The number of halogens is 2. The molecule has 0 aliphatic carbocycles. The van der Waals surface area contributed by atoms with Crippen LogP contribution in [0.2, 0.25) is 5.15 Å². The van der Waals surface area contributed by atoms with Crippen LogP contribution in [-0.4, -0.2) is 28.7 Å². The summed E-state index contributed by atoms with van der Waals surface area (Å²) in [6.45, 7) is 3.07. The molecular formula is C12H14ClFN4. The first kappa shape index (κ1) is 13.0. The van der Waals surface area contributed by atoms with Crippen molar-refractivity contribution >= 4 is 17.4 Å². The molecule has 6 heteroatoms. The standard InChI is InChI=1S/C12H14ClFN4/c1-2-12(14)3-5-18(6-4-12)10-8-16-9(7-15)11(13)17-10/h8H,2-6H2,1H3. The Hall–Kier alpha value is -1.41. The van der Waals surface area contributed by atoms with Crippen LogP contribution in [0.25, 0.3) is 0 Å². The van der Waals surface area contributed by atoms with Crippen LogP contribution < -0.4 is 4.90 Å². The third-order valence-electron chi connectivity index (χ3n) is 3.44. The molecule has 96 valence electrons. The molecule has 0 radical (unpaired) electrons. The minimum atomic E-state index is -1.06. The summed E-state index contributed by atoms with van der Waals surface area (Å²) in [6.07, 6.45) is 3.04. The lowest BCUT2D eigenvalue weighted by molar-refractivity contribution is 0.120. The fourth-order valence-corrected chi connectivity index (χ4v) is 2.25. The fourth-order valence-electron chi connectivity index (χ4n) is 2.08. The van der Waals surface area contributed by atoms with Crippen molar-refractivity contribution < 1.29 is 4.39 Å². The Labute approximate surface area is 110 Å². The molecule has 0 bridgehead atoms. The zero-order valence-corrected chi connectivity index (χ0v) is 10.9. The smallest absolute Gasteiger partial charge is 0.178 e. The van der Waals surface area contributed by atoms with Gasteiger partial charge in [0.05, 0.1) is 6.20 Å². The first-order chi connectivity index (χ1) is 8.58. The molecule has 0 saturated carbocycles. The van der Waals surface area contributed by atoms with E-state index in [0.29, 0.717) is 38.2 Å². The number of rotatable bonds is 2. The van der Waals surface area contributed by atoms with E-state index in [0.717, 1.165) is 0 Å². The highest BCUT2D eigenvalue weighted by atomic mass is 35.5. The Morgan fingerprint density at radius 1 is 1.56 bits per heavy atom. The zero-order chi connectivity index (χ0) is 13.2. The van der Waals surface area contributed by atoms with Gasteiger partial charge in [0.2, 0.25) is 0 Å². The second kappa shape index (κ2) is 5.07. The summed E-state index contributed by atoms with van der Waals surface area (Å²) < 4.78 is 14.1. The first-order valence-electron chi connectivity index (χ1n) is 5.94. The van der Waals surface area contributed by atoms with Crippen LogP contribution in [-0.2, 0) is 0 Å². The predicted octanol–water partition coefficient (Wildman–Crippen LogP) is 2.72. The third kappa shape index (κ3) is 2.54. The van der Waals surface area contributed by atoms with E-state index in [9.17, 15) is 4.39 Å². The molecule has 18 heavy (non-hydrogen) atoms. The normalized spacial score (nSPS) is 18.4. The quantitative estimate of drug-likeness (QED) is 0.828. The summed E-state index contributed by atoms with van der Waals surface area (Å²) in [4.78, 5) is 10.0. The first-order valence-corrected chi connectivity index (χ1v) is 6.32. The molecule has 0 N–H and O–H groups in total. The summed E-state index contributed by atoms with van der Waals surface area (Å²) in [5, 5.41) is 8.82. The second-order valence-electron chi connectivity index (χ2n) is 4.47. The van der Waals surface area contributed by atoms with Crippen LogP contribution in [0.1, 0.15) is 31.9 Å². The van der Waals surface area contributed by atoms with Crippen molar-refractivity contribution in [2.45, 2.75) is 31.9 Å². The number of nitriles is 1. The molecule has 2 rings (SSSR count). The van der Waals surface area contributed by atoms with Gasteiger partial charge in [-0.25, -0.2) is 14.4 Å². The highest BCUT2D eigenvalue weighted by molar-refractivity contribution is 6.30. The van der Waals surface area contributed by atoms with E-state index in [-0.39, 0.29) is 10.8 Å². The summed E-state index contributed by atoms with van der Waals surface area (Å²) >= 11 is 5.84. The lowest BCUT2D eigenvalue weighted by atomic mass is 9.91. The molecule has 1 aliphatic heterocycles. The number of aromatic nitrogens is 2. The molecule has 1 aromatic heterocycles. The van der Waals surface area contributed by atoms with Crippen LogP contribution in [0.15, 0.2) is 6.20 Å². The van der Waals surface area contributed by atoms with Crippen LogP contribution in [0.3, 0.4) is 0 Å². The van der Waals surface area contributed by atoms with Gasteiger partial charge < -0.3 is 4.90 Å². The van der Waals surface area contributed by atoms with Crippen LogP contribution >= 0.6 is 11.6 Å². The number of piperidine rings is 1. The molecule has 0 aromatic carbocycles. The molecule has 1 fully saturated rings. The van der Waals surface area contributed by atoms with E-state index in [1.54, 1.807) is 0 Å². The highest BCUT2D eigenvalue weighted by Gasteiger charge is 2.33. The fraction of sp³-hybridized carbons (Fsp3) is 0.583. The maximum Gasteiger partial charge on any atom is 0.178 e. The van der Waals surface area contributed by atoms with Gasteiger partial charge in [0.1, 0.15) is 17.6 Å². The van der Waals surface area contributed by atoms with Gasteiger partial charge >= 0.3 is 0 Å². The van der Waals surface area contributed by atoms with Gasteiger partial charge in [0, 0.05) is 13.1 Å². The Kier molecular flexibility index (Phi) is 3.67. The summed E-state index contributed by atoms with van der Waals surface area (Å²) in [7, 11) is 0. The zero-order valence-electron chi connectivity index (χ0n) is 10.2. The van der Waals surface area contributed by atoms with Crippen LogP contribution in [0.5, 0.6) is 0 Å². The monoisotopic (exact) mass is 268 g/mol. The van der Waals surface area contributed by atoms with Gasteiger partial charge in [-0.05, 0) is 19.3 Å². The lowest BCUT2D eigenvalue weighted by Gasteiger charge is -2.36. The largest absolute Gasteiger partial charge is 0.355 e. The van der Waals surface area contributed by atoms with Crippen LogP contribution in [0, 0.1) is 11.3 Å². The van der Waals surface area contributed by atoms with Crippen molar-refractivity contribution in [1.82, 2.24) is 9.97 Å². The average Bonchev–Trinajstić information content (AvgIpc) is 2.39. The number of hydrogen-bond donors (Lipinski definition) is 0. The maximum absolute atomic E-state index is 14.1. The van der Waals surface area contributed by atoms with E-state index in [4.69, 9.17) is 16.9 Å². The molecule has 0 amide bonds. The highest BCUT2D eigenvalue weighted by Crippen LogP contribution is 2.31. The van der Waals surface area contributed by atoms with Crippen molar-refractivity contribution in [2.24, 2.45) is 0 Å². The topological polar surface area (TPSA) is 52.8 Å². The SMILES string of the molecule is CCC1(F)CCN(c2cnc(C#N)c(Cl)n2)CC1. The Bertz CT molecular complexity index is 477. The number of alkyl halides is 1. The summed E-state index contributed by atoms with van der Waals surface area (Å²) in [5.74, 6) is 0.608. The lowest BCUT2D eigenvalue weighted by Crippen LogP contribution is -2.41. The second-order valence-corrected chi connectivity index (χ2v) is 4.83. The molecule has 0 atom stereocenters. The van der Waals surface area contributed by atoms with Gasteiger partial charge in [-0.3, -0.25) is 0 Å². The van der Waals surface area contributed by atoms with Gasteiger partial charge in [0.15, 0.2) is 10.8 Å². The molecule has 1 saturated heterocycles. The van der Waals surface area contributed by atoms with E-state index >= 15 is 0 Å². The Morgan fingerprint density at radius 2 is 2.22 bits per heavy atom. The van der Waals surface area contributed by atoms with Crippen molar-refractivity contribution in [1.29, 1.82) is 5.26 Å². The molecule has 0 spiro atoms.